The first-order chi connectivity index (χ1) is 11.8. The highest BCUT2D eigenvalue weighted by Gasteiger charge is 2.17. The van der Waals surface area contributed by atoms with E-state index >= 15 is 0 Å². The van der Waals surface area contributed by atoms with Crippen molar-refractivity contribution in [1.82, 2.24) is 15.3 Å². The second-order valence-electron chi connectivity index (χ2n) is 5.77. The highest BCUT2D eigenvalue weighted by molar-refractivity contribution is 5.93. The molecule has 0 radical (unpaired) electrons. The molecule has 1 amide bonds. The van der Waals surface area contributed by atoms with Crippen molar-refractivity contribution in [2.45, 2.75) is 12.5 Å². The van der Waals surface area contributed by atoms with Gasteiger partial charge in [-0.2, -0.15) is 0 Å². The molecular formula is C17H18N4O3. The molecule has 1 unspecified atom stereocenters. The molecule has 0 saturated carbocycles. The summed E-state index contributed by atoms with van der Waals surface area (Å²) in [4.78, 5) is 19.8. The maximum absolute atomic E-state index is 12.2. The van der Waals surface area contributed by atoms with Gasteiger partial charge in [0.2, 0.25) is 5.91 Å². The molecule has 3 heterocycles. The van der Waals surface area contributed by atoms with E-state index in [1.165, 1.54) is 0 Å². The van der Waals surface area contributed by atoms with Gasteiger partial charge in [-0.15, -0.1) is 0 Å². The fourth-order valence-corrected chi connectivity index (χ4v) is 2.80. The van der Waals surface area contributed by atoms with Gasteiger partial charge in [0.05, 0.1) is 30.5 Å². The minimum Gasteiger partial charge on any atom is -0.461 e. The van der Waals surface area contributed by atoms with Crippen molar-refractivity contribution in [3.8, 4) is 11.6 Å². The Bertz CT molecular complexity index is 835. The number of H-pyrrole nitrogens is 1. The van der Waals surface area contributed by atoms with Crippen LogP contribution in [0.3, 0.4) is 0 Å². The van der Waals surface area contributed by atoms with Gasteiger partial charge in [0, 0.05) is 24.7 Å². The highest BCUT2D eigenvalue weighted by Crippen LogP contribution is 2.23. The standard InChI is InChI=1S/C17H18N4O3/c22-16(9-12-10-23-7-5-18-12)19-11-3-4-13-14(8-11)21-17(20-13)15-2-1-6-24-15/h1-4,6,8,12,18H,5,7,9-10H2,(H,19,22)(H,20,21). The lowest BCUT2D eigenvalue weighted by Gasteiger charge is -2.23. The van der Waals surface area contributed by atoms with Gasteiger partial charge in [-0.05, 0) is 30.3 Å². The molecule has 2 aromatic heterocycles. The average molecular weight is 326 g/mol. The van der Waals surface area contributed by atoms with Crippen LogP contribution in [0.25, 0.3) is 22.6 Å². The number of carbonyl (C=O) groups excluding carboxylic acids is 1. The maximum atomic E-state index is 12.2. The summed E-state index contributed by atoms with van der Waals surface area (Å²) in [5.41, 5.74) is 2.40. The molecule has 24 heavy (non-hydrogen) atoms. The monoisotopic (exact) mass is 326 g/mol. The van der Waals surface area contributed by atoms with Crippen molar-refractivity contribution in [1.29, 1.82) is 0 Å². The van der Waals surface area contributed by atoms with E-state index in [0.717, 1.165) is 23.3 Å². The van der Waals surface area contributed by atoms with Crippen molar-refractivity contribution in [3.05, 3.63) is 36.6 Å². The van der Waals surface area contributed by atoms with Gasteiger partial charge in [-0.3, -0.25) is 4.79 Å². The van der Waals surface area contributed by atoms with E-state index in [-0.39, 0.29) is 11.9 Å². The van der Waals surface area contributed by atoms with E-state index in [9.17, 15) is 4.79 Å². The Morgan fingerprint density at radius 1 is 1.38 bits per heavy atom. The number of fused-ring (bicyclic) bond motifs is 1. The number of rotatable bonds is 4. The van der Waals surface area contributed by atoms with Crippen LogP contribution in [0.4, 0.5) is 5.69 Å². The Morgan fingerprint density at radius 2 is 2.33 bits per heavy atom. The molecule has 1 fully saturated rings. The topological polar surface area (TPSA) is 92.2 Å². The van der Waals surface area contributed by atoms with E-state index in [1.54, 1.807) is 6.26 Å². The molecule has 0 aliphatic carbocycles. The SMILES string of the molecule is O=C(CC1COCCN1)Nc1ccc2nc(-c3ccco3)[nH]c2c1. The van der Waals surface area contributed by atoms with Crippen LogP contribution in [0.5, 0.6) is 0 Å². The predicted molar refractivity (Wildman–Crippen MR) is 89.7 cm³/mol. The van der Waals surface area contributed by atoms with Crippen LogP contribution in [-0.2, 0) is 9.53 Å². The maximum Gasteiger partial charge on any atom is 0.226 e. The number of ether oxygens (including phenoxy) is 1. The summed E-state index contributed by atoms with van der Waals surface area (Å²) in [6.07, 6.45) is 2.00. The van der Waals surface area contributed by atoms with Gasteiger partial charge >= 0.3 is 0 Å². The molecule has 7 nitrogen and oxygen atoms in total. The first kappa shape index (κ1) is 14.9. The van der Waals surface area contributed by atoms with Gasteiger partial charge < -0.3 is 24.8 Å². The molecule has 1 aromatic carbocycles. The van der Waals surface area contributed by atoms with Crippen molar-refractivity contribution in [3.63, 3.8) is 0 Å². The lowest BCUT2D eigenvalue weighted by atomic mass is 10.2. The lowest BCUT2D eigenvalue weighted by molar-refractivity contribution is -0.117. The fraction of sp³-hybridized carbons (Fsp3) is 0.294. The van der Waals surface area contributed by atoms with Gasteiger partial charge in [0.15, 0.2) is 11.6 Å². The first-order valence-corrected chi connectivity index (χ1v) is 7.92. The molecule has 1 saturated heterocycles. The third-order valence-corrected chi connectivity index (χ3v) is 3.95. The molecule has 124 valence electrons. The number of benzene rings is 1. The smallest absolute Gasteiger partial charge is 0.226 e. The number of imidazole rings is 1. The van der Waals surface area contributed by atoms with Crippen LogP contribution in [0.1, 0.15) is 6.42 Å². The Hall–Kier alpha value is -2.64. The zero-order valence-electron chi connectivity index (χ0n) is 13.0. The number of hydrogen-bond donors (Lipinski definition) is 3. The Morgan fingerprint density at radius 3 is 3.12 bits per heavy atom. The van der Waals surface area contributed by atoms with E-state index in [1.807, 2.05) is 30.3 Å². The van der Waals surface area contributed by atoms with Crippen LogP contribution < -0.4 is 10.6 Å². The molecule has 3 N–H and O–H groups in total. The van der Waals surface area contributed by atoms with Gasteiger partial charge in [-0.1, -0.05) is 0 Å². The fourth-order valence-electron chi connectivity index (χ4n) is 2.80. The Balaban J connectivity index is 1.47. The van der Waals surface area contributed by atoms with E-state index in [2.05, 4.69) is 20.6 Å². The second-order valence-corrected chi connectivity index (χ2v) is 5.77. The van der Waals surface area contributed by atoms with Gasteiger partial charge in [0.25, 0.3) is 0 Å². The number of nitrogens with one attached hydrogen (secondary N) is 3. The normalized spacial score (nSPS) is 17.9. The summed E-state index contributed by atoms with van der Waals surface area (Å²) in [6, 6.07) is 9.32. The zero-order chi connectivity index (χ0) is 16.4. The summed E-state index contributed by atoms with van der Waals surface area (Å²) < 4.78 is 10.7. The van der Waals surface area contributed by atoms with Gasteiger partial charge in [0.1, 0.15) is 0 Å². The summed E-state index contributed by atoms with van der Waals surface area (Å²) >= 11 is 0. The largest absolute Gasteiger partial charge is 0.461 e. The van der Waals surface area contributed by atoms with E-state index in [0.29, 0.717) is 31.2 Å². The number of carbonyl (C=O) groups is 1. The van der Waals surface area contributed by atoms with Crippen LogP contribution >= 0.6 is 0 Å². The van der Waals surface area contributed by atoms with Crippen LogP contribution in [0, 0.1) is 0 Å². The Kier molecular flexibility index (Phi) is 4.02. The minimum atomic E-state index is -0.0388. The van der Waals surface area contributed by atoms with Crippen molar-refractivity contribution >= 4 is 22.6 Å². The number of hydrogen-bond acceptors (Lipinski definition) is 5. The summed E-state index contributed by atoms with van der Waals surface area (Å²) in [5.74, 6) is 1.31. The molecule has 0 spiro atoms. The zero-order valence-corrected chi connectivity index (χ0v) is 13.0. The lowest BCUT2D eigenvalue weighted by Crippen LogP contribution is -2.43. The van der Waals surface area contributed by atoms with E-state index < -0.39 is 0 Å². The van der Waals surface area contributed by atoms with Crippen molar-refractivity contribution in [2.24, 2.45) is 0 Å². The predicted octanol–water partition coefficient (Wildman–Crippen LogP) is 2.14. The summed E-state index contributed by atoms with van der Waals surface area (Å²) in [7, 11) is 0. The van der Waals surface area contributed by atoms with Crippen LogP contribution in [0.2, 0.25) is 0 Å². The minimum absolute atomic E-state index is 0.0388. The third-order valence-electron chi connectivity index (χ3n) is 3.95. The highest BCUT2D eigenvalue weighted by atomic mass is 16.5. The quantitative estimate of drug-likeness (QED) is 0.683. The molecule has 1 atom stereocenters. The number of nitrogens with zero attached hydrogens (tertiary/aromatic N) is 1. The number of furan rings is 1. The van der Waals surface area contributed by atoms with Crippen LogP contribution in [-0.4, -0.2) is 41.7 Å². The number of amides is 1. The van der Waals surface area contributed by atoms with Crippen LogP contribution in [0.15, 0.2) is 41.0 Å². The summed E-state index contributed by atoms with van der Waals surface area (Å²) in [5, 5.41) is 6.19. The van der Waals surface area contributed by atoms with Gasteiger partial charge in [-0.25, -0.2) is 4.98 Å². The average Bonchev–Trinajstić information content (AvgIpc) is 3.24. The second kappa shape index (κ2) is 6.46. The first-order valence-electron chi connectivity index (χ1n) is 7.92. The Labute approximate surface area is 138 Å². The van der Waals surface area contributed by atoms with E-state index in [4.69, 9.17) is 9.15 Å². The molecule has 3 aromatic rings. The molecular weight excluding hydrogens is 308 g/mol. The summed E-state index contributed by atoms with van der Waals surface area (Å²) in [6.45, 7) is 2.06. The number of morpholine rings is 1. The molecule has 4 rings (SSSR count). The van der Waals surface area contributed by atoms with Crippen molar-refractivity contribution < 1.29 is 13.9 Å². The molecule has 1 aliphatic heterocycles. The number of aromatic nitrogens is 2. The number of anilines is 1. The molecule has 7 heteroatoms. The molecule has 1 aliphatic rings. The van der Waals surface area contributed by atoms with Crippen molar-refractivity contribution in [2.75, 3.05) is 25.1 Å². The molecule has 0 bridgehead atoms. The number of aromatic amines is 1. The third kappa shape index (κ3) is 3.17.